The van der Waals surface area contributed by atoms with Crippen LogP contribution in [0.5, 0.6) is 5.75 Å². The molecule has 5 nitrogen and oxygen atoms in total. The Labute approximate surface area is 244 Å². The zero-order valence-corrected chi connectivity index (χ0v) is 22.5. The SMILES string of the molecule is O=C(N[C@H](C(=O)O)C(c1ccccc1)c1ccccc1)c1ccc2cc(F)ccc2c1OCc1ccc(C(F)(F)F)cc1. The minimum absolute atomic E-state index is 0.0165. The van der Waals surface area contributed by atoms with E-state index in [1.807, 2.05) is 0 Å². The van der Waals surface area contributed by atoms with Gasteiger partial charge in [-0.05, 0) is 58.5 Å². The van der Waals surface area contributed by atoms with Crippen LogP contribution >= 0.6 is 0 Å². The molecule has 0 aliphatic heterocycles. The fourth-order valence-corrected chi connectivity index (χ4v) is 4.96. The molecule has 5 rings (SSSR count). The number of aliphatic carboxylic acids is 1. The van der Waals surface area contributed by atoms with Crippen molar-refractivity contribution in [2.45, 2.75) is 24.7 Å². The standard InChI is InChI=1S/C34H25F4NO4/c35-26-16-18-27-24(19-26)13-17-28(31(27)43-20-21-11-14-25(15-12-21)34(36,37)38)32(40)39-30(33(41)42)29(22-7-3-1-4-8-22)23-9-5-2-6-10-23/h1-19,29-30H,20H2,(H,39,40)(H,41,42)/t30-/m0/s1. The molecule has 5 aromatic rings. The third kappa shape index (κ3) is 6.67. The lowest BCUT2D eigenvalue weighted by molar-refractivity contribution is -0.139. The maximum atomic E-state index is 14.0. The van der Waals surface area contributed by atoms with Gasteiger partial charge in [0.1, 0.15) is 24.2 Å². The van der Waals surface area contributed by atoms with Gasteiger partial charge in [-0.3, -0.25) is 4.79 Å². The molecule has 5 aromatic carbocycles. The molecule has 1 atom stereocenters. The van der Waals surface area contributed by atoms with Crippen LogP contribution in [-0.2, 0) is 17.6 Å². The summed E-state index contributed by atoms with van der Waals surface area (Å²) < 4.78 is 59.0. The Morgan fingerprint density at radius 2 is 1.40 bits per heavy atom. The molecule has 0 heterocycles. The largest absolute Gasteiger partial charge is 0.487 e. The summed E-state index contributed by atoms with van der Waals surface area (Å²) in [5.74, 6) is -3.23. The third-order valence-corrected chi connectivity index (χ3v) is 7.04. The second-order valence-corrected chi connectivity index (χ2v) is 9.88. The van der Waals surface area contributed by atoms with E-state index in [1.165, 1.54) is 42.5 Å². The Morgan fingerprint density at radius 1 is 0.791 bits per heavy atom. The van der Waals surface area contributed by atoms with Gasteiger partial charge in [0.15, 0.2) is 0 Å². The van der Waals surface area contributed by atoms with E-state index < -0.39 is 41.4 Å². The lowest BCUT2D eigenvalue weighted by Crippen LogP contribution is -2.45. The molecule has 0 radical (unpaired) electrons. The van der Waals surface area contributed by atoms with Gasteiger partial charge in [0.2, 0.25) is 0 Å². The van der Waals surface area contributed by atoms with Crippen LogP contribution in [0.15, 0.2) is 115 Å². The first-order chi connectivity index (χ1) is 20.6. The number of nitrogens with one attached hydrogen (secondary N) is 1. The van der Waals surface area contributed by atoms with Crippen LogP contribution < -0.4 is 10.1 Å². The Morgan fingerprint density at radius 3 is 1.95 bits per heavy atom. The molecule has 0 unspecified atom stereocenters. The van der Waals surface area contributed by atoms with Gasteiger partial charge in [-0.1, -0.05) is 78.9 Å². The van der Waals surface area contributed by atoms with E-state index in [-0.39, 0.29) is 17.9 Å². The molecule has 2 N–H and O–H groups in total. The Hall–Kier alpha value is -5.18. The fourth-order valence-electron chi connectivity index (χ4n) is 4.96. The molecule has 0 aliphatic carbocycles. The van der Waals surface area contributed by atoms with Gasteiger partial charge in [-0.25, -0.2) is 9.18 Å². The van der Waals surface area contributed by atoms with Crippen molar-refractivity contribution in [3.63, 3.8) is 0 Å². The lowest BCUT2D eigenvalue weighted by Gasteiger charge is -2.26. The van der Waals surface area contributed by atoms with Gasteiger partial charge in [-0.15, -0.1) is 0 Å². The summed E-state index contributed by atoms with van der Waals surface area (Å²) in [4.78, 5) is 26.4. The monoisotopic (exact) mass is 587 g/mol. The van der Waals surface area contributed by atoms with Gasteiger partial charge in [-0.2, -0.15) is 13.2 Å². The van der Waals surface area contributed by atoms with Gasteiger partial charge in [0.25, 0.3) is 5.91 Å². The van der Waals surface area contributed by atoms with Crippen molar-refractivity contribution in [2.24, 2.45) is 0 Å². The quantitative estimate of drug-likeness (QED) is 0.174. The molecule has 0 spiro atoms. The minimum atomic E-state index is -4.50. The number of amides is 1. The highest BCUT2D eigenvalue weighted by Crippen LogP contribution is 2.34. The number of halogens is 4. The Balaban J connectivity index is 1.51. The van der Waals surface area contributed by atoms with Crippen molar-refractivity contribution in [1.29, 1.82) is 0 Å². The maximum absolute atomic E-state index is 14.0. The molecular weight excluding hydrogens is 562 g/mol. The summed E-state index contributed by atoms with van der Waals surface area (Å²) >= 11 is 0. The number of rotatable bonds is 9. The number of hydrogen-bond donors (Lipinski definition) is 2. The van der Waals surface area contributed by atoms with Crippen molar-refractivity contribution >= 4 is 22.6 Å². The van der Waals surface area contributed by atoms with Crippen molar-refractivity contribution in [3.05, 3.63) is 149 Å². The van der Waals surface area contributed by atoms with E-state index in [0.717, 1.165) is 12.1 Å². The number of benzene rings is 5. The molecule has 0 saturated carbocycles. The van der Waals surface area contributed by atoms with Crippen molar-refractivity contribution in [2.75, 3.05) is 0 Å². The molecule has 0 fully saturated rings. The number of alkyl halides is 3. The molecule has 218 valence electrons. The summed E-state index contributed by atoms with van der Waals surface area (Å²) in [6.07, 6.45) is -4.50. The summed E-state index contributed by atoms with van der Waals surface area (Å²) in [7, 11) is 0. The average molecular weight is 588 g/mol. The summed E-state index contributed by atoms with van der Waals surface area (Å²) in [5, 5.41) is 13.7. The van der Waals surface area contributed by atoms with Crippen LogP contribution in [0.4, 0.5) is 17.6 Å². The summed E-state index contributed by atoms with van der Waals surface area (Å²) in [6, 6.07) is 27.6. The van der Waals surface area contributed by atoms with E-state index in [9.17, 15) is 32.3 Å². The second-order valence-electron chi connectivity index (χ2n) is 9.88. The van der Waals surface area contributed by atoms with Crippen molar-refractivity contribution < 1.29 is 37.0 Å². The maximum Gasteiger partial charge on any atom is 0.416 e. The number of carbonyl (C=O) groups excluding carboxylic acids is 1. The normalized spacial score (nSPS) is 12.2. The first-order valence-corrected chi connectivity index (χ1v) is 13.3. The third-order valence-electron chi connectivity index (χ3n) is 7.04. The first-order valence-electron chi connectivity index (χ1n) is 13.3. The van der Waals surface area contributed by atoms with Crippen LogP contribution in [0.3, 0.4) is 0 Å². The zero-order valence-electron chi connectivity index (χ0n) is 22.5. The molecule has 0 aliphatic rings. The van der Waals surface area contributed by atoms with Crippen LogP contribution in [0, 0.1) is 5.82 Å². The number of hydrogen-bond acceptors (Lipinski definition) is 3. The Kier molecular flexibility index (Phi) is 8.43. The van der Waals surface area contributed by atoms with Crippen LogP contribution in [-0.4, -0.2) is 23.0 Å². The van der Waals surface area contributed by atoms with Crippen LogP contribution in [0.2, 0.25) is 0 Å². The van der Waals surface area contributed by atoms with E-state index in [1.54, 1.807) is 60.7 Å². The van der Waals surface area contributed by atoms with E-state index in [2.05, 4.69) is 5.32 Å². The molecule has 43 heavy (non-hydrogen) atoms. The highest BCUT2D eigenvalue weighted by Gasteiger charge is 2.33. The predicted octanol–water partition coefficient (Wildman–Crippen LogP) is 7.59. The van der Waals surface area contributed by atoms with Crippen molar-refractivity contribution in [1.82, 2.24) is 5.32 Å². The van der Waals surface area contributed by atoms with Gasteiger partial charge >= 0.3 is 12.1 Å². The molecule has 0 saturated heterocycles. The molecular formula is C34H25F4NO4. The summed E-state index contributed by atoms with van der Waals surface area (Å²) in [6.45, 7) is -0.200. The second kappa shape index (κ2) is 12.4. The van der Waals surface area contributed by atoms with Gasteiger partial charge < -0.3 is 15.2 Å². The topological polar surface area (TPSA) is 75.6 Å². The number of ether oxygens (including phenoxy) is 1. The zero-order chi connectivity index (χ0) is 30.6. The molecule has 0 bridgehead atoms. The lowest BCUT2D eigenvalue weighted by atomic mass is 9.84. The van der Waals surface area contributed by atoms with Gasteiger partial charge in [0, 0.05) is 11.3 Å². The van der Waals surface area contributed by atoms with Crippen molar-refractivity contribution in [3.8, 4) is 5.75 Å². The number of carbonyl (C=O) groups is 2. The number of carboxylic acids is 1. The Bertz CT molecular complexity index is 1700. The van der Waals surface area contributed by atoms with Crippen LogP contribution in [0.25, 0.3) is 10.8 Å². The number of fused-ring (bicyclic) bond motifs is 1. The molecule has 1 amide bonds. The van der Waals surface area contributed by atoms with Gasteiger partial charge in [0.05, 0.1) is 11.1 Å². The van der Waals surface area contributed by atoms with E-state index in [0.29, 0.717) is 27.5 Å². The fraction of sp³-hybridized carbons (Fsp3) is 0.118. The van der Waals surface area contributed by atoms with Crippen LogP contribution in [0.1, 0.15) is 38.5 Å². The summed E-state index contributed by atoms with van der Waals surface area (Å²) in [5.41, 5.74) is 0.915. The predicted molar refractivity (Wildman–Crippen MR) is 153 cm³/mol. The molecule has 9 heteroatoms. The highest BCUT2D eigenvalue weighted by atomic mass is 19.4. The van der Waals surface area contributed by atoms with E-state index in [4.69, 9.17) is 4.74 Å². The smallest absolute Gasteiger partial charge is 0.416 e. The number of carboxylic acid groups (broad SMARTS) is 1. The van der Waals surface area contributed by atoms with E-state index >= 15 is 0 Å². The average Bonchev–Trinajstić information content (AvgIpc) is 3.00. The molecule has 0 aromatic heterocycles. The first kappa shape index (κ1) is 29.3. The minimum Gasteiger partial charge on any atom is -0.487 e. The highest BCUT2D eigenvalue weighted by molar-refractivity contribution is 6.05.